The number of halogens is 1. The first-order chi connectivity index (χ1) is 12.4. The third-order valence-corrected chi connectivity index (χ3v) is 3.95. The third-order valence-electron chi connectivity index (χ3n) is 3.33. The number of hydrogen-bond acceptors (Lipinski definition) is 4. The van der Waals surface area contributed by atoms with E-state index in [1.54, 1.807) is 51.3 Å². The zero-order valence-electron chi connectivity index (χ0n) is 14.8. The summed E-state index contributed by atoms with van der Waals surface area (Å²) in [6.07, 6.45) is 2.97. The predicted octanol–water partition coefficient (Wildman–Crippen LogP) is 4.67. The van der Waals surface area contributed by atoms with E-state index in [2.05, 4.69) is 21.2 Å². The molecule has 136 valence electrons. The highest BCUT2D eigenvalue weighted by molar-refractivity contribution is 9.10. The first kappa shape index (κ1) is 19.7. The minimum Gasteiger partial charge on any atom is -0.496 e. The molecule has 0 bridgehead atoms. The summed E-state index contributed by atoms with van der Waals surface area (Å²) in [5.74, 6) is 0.0694. The SMILES string of the molecule is COc1ccc(C=CC(=O)Nc2ccc(C(=O)OC(C)C)cc2)cc1Br. The summed E-state index contributed by atoms with van der Waals surface area (Å²) >= 11 is 3.40. The quantitative estimate of drug-likeness (QED) is 0.547. The topological polar surface area (TPSA) is 64.6 Å². The molecule has 0 fully saturated rings. The van der Waals surface area contributed by atoms with E-state index in [0.29, 0.717) is 11.3 Å². The Morgan fingerprint density at radius 3 is 2.38 bits per heavy atom. The molecule has 2 rings (SSSR count). The molecule has 0 aliphatic rings. The van der Waals surface area contributed by atoms with Gasteiger partial charge in [-0.3, -0.25) is 4.79 Å². The van der Waals surface area contributed by atoms with E-state index in [0.717, 1.165) is 15.8 Å². The lowest BCUT2D eigenvalue weighted by molar-refractivity contribution is -0.111. The molecule has 26 heavy (non-hydrogen) atoms. The fraction of sp³-hybridized carbons (Fsp3) is 0.200. The van der Waals surface area contributed by atoms with Crippen LogP contribution in [0.4, 0.5) is 5.69 Å². The number of hydrogen-bond donors (Lipinski definition) is 1. The molecule has 0 spiro atoms. The number of nitrogens with one attached hydrogen (secondary N) is 1. The number of benzene rings is 2. The number of rotatable bonds is 6. The second-order valence-electron chi connectivity index (χ2n) is 5.75. The van der Waals surface area contributed by atoms with Gasteiger partial charge in [0.25, 0.3) is 0 Å². The van der Waals surface area contributed by atoms with Crippen molar-refractivity contribution in [3.8, 4) is 5.75 Å². The van der Waals surface area contributed by atoms with Crippen LogP contribution in [0.1, 0.15) is 29.8 Å². The van der Waals surface area contributed by atoms with Crippen molar-refractivity contribution in [2.24, 2.45) is 0 Å². The van der Waals surface area contributed by atoms with Crippen LogP contribution in [-0.4, -0.2) is 25.1 Å². The molecule has 0 atom stereocenters. The number of carbonyl (C=O) groups is 2. The summed E-state index contributed by atoms with van der Waals surface area (Å²) in [7, 11) is 1.59. The predicted molar refractivity (Wildman–Crippen MR) is 105 cm³/mol. The highest BCUT2D eigenvalue weighted by atomic mass is 79.9. The highest BCUT2D eigenvalue weighted by Gasteiger charge is 2.09. The van der Waals surface area contributed by atoms with Crippen molar-refractivity contribution in [1.82, 2.24) is 0 Å². The maximum Gasteiger partial charge on any atom is 0.338 e. The lowest BCUT2D eigenvalue weighted by Gasteiger charge is -2.08. The van der Waals surface area contributed by atoms with Crippen molar-refractivity contribution < 1.29 is 19.1 Å². The number of methoxy groups -OCH3 is 1. The van der Waals surface area contributed by atoms with E-state index < -0.39 is 0 Å². The summed E-state index contributed by atoms with van der Waals surface area (Å²) in [5.41, 5.74) is 1.89. The molecule has 0 aliphatic carbocycles. The molecular weight excluding hydrogens is 398 g/mol. The Balaban J connectivity index is 1.97. The second kappa shape index (κ2) is 9.20. The molecule has 5 nitrogen and oxygen atoms in total. The number of amides is 1. The summed E-state index contributed by atoms with van der Waals surface area (Å²) in [5, 5.41) is 2.74. The van der Waals surface area contributed by atoms with Crippen LogP contribution in [0.15, 0.2) is 53.0 Å². The van der Waals surface area contributed by atoms with E-state index in [1.165, 1.54) is 6.08 Å². The molecule has 0 unspecified atom stereocenters. The zero-order valence-corrected chi connectivity index (χ0v) is 16.4. The molecule has 0 heterocycles. The van der Waals surface area contributed by atoms with Crippen molar-refractivity contribution in [2.45, 2.75) is 20.0 Å². The van der Waals surface area contributed by atoms with Gasteiger partial charge in [0.15, 0.2) is 0 Å². The van der Waals surface area contributed by atoms with Crippen LogP contribution in [0.5, 0.6) is 5.75 Å². The molecule has 1 amide bonds. The average Bonchev–Trinajstić information content (AvgIpc) is 2.60. The smallest absolute Gasteiger partial charge is 0.338 e. The number of ether oxygens (including phenoxy) is 2. The Morgan fingerprint density at radius 2 is 1.81 bits per heavy atom. The van der Waals surface area contributed by atoms with Gasteiger partial charge in [0.1, 0.15) is 5.75 Å². The standard InChI is InChI=1S/C20H20BrNO4/c1-13(2)26-20(24)15-6-8-16(9-7-15)22-19(23)11-5-14-4-10-18(25-3)17(21)12-14/h4-13H,1-3H3,(H,22,23). The molecule has 0 aliphatic heterocycles. The van der Waals surface area contributed by atoms with Crippen molar-refractivity contribution in [2.75, 3.05) is 12.4 Å². The number of esters is 1. The maximum absolute atomic E-state index is 12.0. The van der Waals surface area contributed by atoms with Crippen molar-refractivity contribution in [3.63, 3.8) is 0 Å². The van der Waals surface area contributed by atoms with Crippen LogP contribution in [0.25, 0.3) is 6.08 Å². The van der Waals surface area contributed by atoms with Crippen LogP contribution < -0.4 is 10.1 Å². The normalized spacial score (nSPS) is 10.8. The van der Waals surface area contributed by atoms with E-state index in [-0.39, 0.29) is 18.0 Å². The molecular formula is C20H20BrNO4. The van der Waals surface area contributed by atoms with Gasteiger partial charge >= 0.3 is 5.97 Å². The first-order valence-corrected chi connectivity index (χ1v) is 8.82. The van der Waals surface area contributed by atoms with Crippen LogP contribution in [-0.2, 0) is 9.53 Å². The fourth-order valence-electron chi connectivity index (χ4n) is 2.11. The summed E-state index contributed by atoms with van der Waals surface area (Å²) in [6, 6.07) is 12.1. The Bertz CT molecular complexity index is 813. The van der Waals surface area contributed by atoms with Gasteiger partial charge in [0.2, 0.25) is 5.91 Å². The van der Waals surface area contributed by atoms with Crippen LogP contribution >= 0.6 is 15.9 Å². The maximum atomic E-state index is 12.0. The third kappa shape index (κ3) is 5.74. The monoisotopic (exact) mass is 417 g/mol. The molecule has 0 radical (unpaired) electrons. The average molecular weight is 418 g/mol. The van der Waals surface area contributed by atoms with Gasteiger partial charge in [0, 0.05) is 11.8 Å². The largest absolute Gasteiger partial charge is 0.496 e. The van der Waals surface area contributed by atoms with Gasteiger partial charge in [-0.15, -0.1) is 0 Å². The highest BCUT2D eigenvalue weighted by Crippen LogP contribution is 2.26. The van der Waals surface area contributed by atoms with Crippen molar-refractivity contribution >= 4 is 39.6 Å². The van der Waals surface area contributed by atoms with Crippen molar-refractivity contribution in [3.05, 3.63) is 64.1 Å². The minimum atomic E-state index is -0.386. The lowest BCUT2D eigenvalue weighted by Crippen LogP contribution is -2.12. The summed E-state index contributed by atoms with van der Waals surface area (Å²) in [6.45, 7) is 3.58. The second-order valence-corrected chi connectivity index (χ2v) is 6.60. The van der Waals surface area contributed by atoms with E-state index in [1.807, 2.05) is 18.2 Å². The number of anilines is 1. The minimum absolute atomic E-state index is 0.176. The lowest BCUT2D eigenvalue weighted by atomic mass is 10.2. The molecule has 0 saturated carbocycles. The summed E-state index contributed by atoms with van der Waals surface area (Å²) in [4.78, 5) is 23.8. The molecule has 1 N–H and O–H groups in total. The first-order valence-electron chi connectivity index (χ1n) is 8.02. The molecule has 0 aromatic heterocycles. The Labute approximate surface area is 161 Å². The van der Waals surface area contributed by atoms with E-state index >= 15 is 0 Å². The zero-order chi connectivity index (χ0) is 19.1. The van der Waals surface area contributed by atoms with E-state index in [9.17, 15) is 9.59 Å². The summed E-state index contributed by atoms with van der Waals surface area (Å²) < 4.78 is 11.1. The Hall–Kier alpha value is -2.60. The molecule has 0 saturated heterocycles. The van der Waals surface area contributed by atoms with E-state index in [4.69, 9.17) is 9.47 Å². The van der Waals surface area contributed by atoms with Crippen molar-refractivity contribution in [1.29, 1.82) is 0 Å². The van der Waals surface area contributed by atoms with Gasteiger partial charge in [0.05, 0.1) is 23.2 Å². The molecule has 2 aromatic carbocycles. The van der Waals surface area contributed by atoms with Crippen LogP contribution in [0, 0.1) is 0 Å². The Kier molecular flexibility index (Phi) is 6.97. The van der Waals surface area contributed by atoms with Crippen LogP contribution in [0.2, 0.25) is 0 Å². The van der Waals surface area contributed by atoms with Gasteiger partial charge in [-0.25, -0.2) is 4.79 Å². The number of carbonyl (C=O) groups excluding carboxylic acids is 2. The van der Waals surface area contributed by atoms with Gasteiger partial charge in [-0.1, -0.05) is 6.07 Å². The Morgan fingerprint density at radius 1 is 1.12 bits per heavy atom. The van der Waals surface area contributed by atoms with Crippen LogP contribution in [0.3, 0.4) is 0 Å². The van der Waals surface area contributed by atoms with Gasteiger partial charge in [-0.2, -0.15) is 0 Å². The van der Waals surface area contributed by atoms with Gasteiger partial charge < -0.3 is 14.8 Å². The molecule has 2 aromatic rings. The van der Waals surface area contributed by atoms with Gasteiger partial charge in [-0.05, 0) is 77.8 Å². The fourth-order valence-corrected chi connectivity index (χ4v) is 2.67. The molecule has 6 heteroatoms.